The lowest BCUT2D eigenvalue weighted by atomic mass is 10.4. The number of hydrogen-bond acceptors (Lipinski definition) is 5. The molecule has 0 spiro atoms. The predicted octanol–water partition coefficient (Wildman–Crippen LogP) is 1.59. The summed E-state index contributed by atoms with van der Waals surface area (Å²) < 4.78 is 6.93. The van der Waals surface area contributed by atoms with Crippen LogP contribution in [0, 0.1) is 0 Å². The van der Waals surface area contributed by atoms with Gasteiger partial charge in [0.1, 0.15) is 6.10 Å². The van der Waals surface area contributed by atoms with Crippen molar-refractivity contribution in [2.24, 2.45) is 0 Å². The van der Waals surface area contributed by atoms with Gasteiger partial charge in [0.05, 0.1) is 12.1 Å². The third-order valence-corrected chi connectivity index (χ3v) is 2.54. The lowest BCUT2D eigenvalue weighted by molar-refractivity contribution is 0.0293. The molecule has 0 radical (unpaired) electrons. The number of carbonyl (C=O) groups excluding carboxylic acids is 1. The van der Waals surface area contributed by atoms with E-state index in [4.69, 9.17) is 4.74 Å². The van der Waals surface area contributed by atoms with Crippen LogP contribution in [0.1, 0.15) is 17.4 Å². The van der Waals surface area contributed by atoms with E-state index in [1.54, 1.807) is 21.8 Å². The van der Waals surface area contributed by atoms with Crippen LogP contribution in [-0.2, 0) is 11.3 Å². The molecular weight excluding hydrogens is 226 g/mol. The van der Waals surface area contributed by atoms with Crippen molar-refractivity contribution in [3.05, 3.63) is 35.0 Å². The van der Waals surface area contributed by atoms with Gasteiger partial charge in [0.2, 0.25) is 0 Å². The molecule has 2 rings (SSSR count). The van der Waals surface area contributed by atoms with E-state index in [1.807, 2.05) is 19.2 Å². The standard InChI is InChI=1S/C10H11N3O2S/c1-8(5-13-4-2-3-12-13)15-10(14)9-6-16-7-11-9/h2-4,6-8H,5H2,1H3/t8-/m1/s1. The molecule has 0 aliphatic heterocycles. The molecule has 0 aromatic carbocycles. The average Bonchev–Trinajstić information content (AvgIpc) is 2.88. The van der Waals surface area contributed by atoms with E-state index in [0.717, 1.165) is 0 Å². The topological polar surface area (TPSA) is 57.0 Å². The van der Waals surface area contributed by atoms with E-state index in [9.17, 15) is 4.79 Å². The van der Waals surface area contributed by atoms with Crippen molar-refractivity contribution in [2.75, 3.05) is 0 Å². The van der Waals surface area contributed by atoms with E-state index in [0.29, 0.717) is 12.2 Å². The maximum absolute atomic E-state index is 11.5. The van der Waals surface area contributed by atoms with Gasteiger partial charge in [0.15, 0.2) is 5.69 Å². The van der Waals surface area contributed by atoms with Gasteiger partial charge in [-0.25, -0.2) is 9.78 Å². The summed E-state index contributed by atoms with van der Waals surface area (Å²) in [4.78, 5) is 15.4. The number of nitrogens with zero attached hydrogens (tertiary/aromatic N) is 3. The highest BCUT2D eigenvalue weighted by Crippen LogP contribution is 2.05. The molecule has 2 heterocycles. The van der Waals surface area contributed by atoms with Crippen LogP contribution in [0.15, 0.2) is 29.4 Å². The average molecular weight is 237 g/mol. The van der Waals surface area contributed by atoms with Crippen LogP contribution in [0.5, 0.6) is 0 Å². The number of esters is 1. The number of ether oxygens (including phenoxy) is 1. The van der Waals surface area contributed by atoms with Crippen molar-refractivity contribution >= 4 is 17.3 Å². The highest BCUT2D eigenvalue weighted by Gasteiger charge is 2.13. The Balaban J connectivity index is 1.88. The molecule has 2 aromatic rings. The van der Waals surface area contributed by atoms with Crippen LogP contribution in [0.2, 0.25) is 0 Å². The summed E-state index contributed by atoms with van der Waals surface area (Å²) in [6, 6.07) is 1.83. The van der Waals surface area contributed by atoms with Gasteiger partial charge in [-0.15, -0.1) is 11.3 Å². The number of carbonyl (C=O) groups is 1. The quantitative estimate of drug-likeness (QED) is 0.758. The van der Waals surface area contributed by atoms with Crippen molar-refractivity contribution in [1.82, 2.24) is 14.8 Å². The predicted molar refractivity (Wildman–Crippen MR) is 59.2 cm³/mol. The second kappa shape index (κ2) is 4.89. The zero-order chi connectivity index (χ0) is 11.4. The SMILES string of the molecule is C[C@H](Cn1cccn1)OC(=O)c1cscn1. The fourth-order valence-electron chi connectivity index (χ4n) is 1.27. The third kappa shape index (κ3) is 2.66. The van der Waals surface area contributed by atoms with E-state index in [2.05, 4.69) is 10.1 Å². The fourth-order valence-corrected chi connectivity index (χ4v) is 1.79. The Morgan fingerprint density at radius 3 is 3.19 bits per heavy atom. The summed E-state index contributed by atoms with van der Waals surface area (Å²) in [5.74, 6) is -0.388. The van der Waals surface area contributed by atoms with Crippen LogP contribution in [0.3, 0.4) is 0 Å². The van der Waals surface area contributed by atoms with Gasteiger partial charge in [0, 0.05) is 17.8 Å². The summed E-state index contributed by atoms with van der Waals surface area (Å²) in [6.45, 7) is 2.37. The Labute approximate surface area is 96.7 Å². The van der Waals surface area contributed by atoms with Crippen molar-refractivity contribution in [2.45, 2.75) is 19.6 Å². The van der Waals surface area contributed by atoms with Gasteiger partial charge in [-0.05, 0) is 13.0 Å². The largest absolute Gasteiger partial charge is 0.456 e. The molecule has 0 bridgehead atoms. The van der Waals surface area contributed by atoms with Crippen LogP contribution in [0.25, 0.3) is 0 Å². The summed E-state index contributed by atoms with van der Waals surface area (Å²) in [5, 5.41) is 5.71. The minimum atomic E-state index is -0.388. The molecule has 1 atom stereocenters. The molecule has 5 nitrogen and oxygen atoms in total. The first-order chi connectivity index (χ1) is 7.75. The van der Waals surface area contributed by atoms with Gasteiger partial charge in [-0.3, -0.25) is 4.68 Å². The Morgan fingerprint density at radius 2 is 2.56 bits per heavy atom. The number of hydrogen-bond donors (Lipinski definition) is 0. The number of aromatic nitrogens is 3. The minimum Gasteiger partial charge on any atom is -0.456 e. The van der Waals surface area contributed by atoms with Gasteiger partial charge < -0.3 is 4.74 Å². The van der Waals surface area contributed by atoms with Crippen molar-refractivity contribution < 1.29 is 9.53 Å². The first kappa shape index (κ1) is 10.8. The second-order valence-corrected chi connectivity index (χ2v) is 4.04. The maximum atomic E-state index is 11.5. The highest BCUT2D eigenvalue weighted by atomic mass is 32.1. The highest BCUT2D eigenvalue weighted by molar-refractivity contribution is 7.07. The first-order valence-electron chi connectivity index (χ1n) is 4.82. The van der Waals surface area contributed by atoms with Gasteiger partial charge in [-0.2, -0.15) is 5.10 Å². The lowest BCUT2D eigenvalue weighted by Crippen LogP contribution is -2.21. The lowest BCUT2D eigenvalue weighted by Gasteiger charge is -2.12. The Bertz CT molecular complexity index is 439. The zero-order valence-electron chi connectivity index (χ0n) is 8.74. The number of rotatable bonds is 4. The molecule has 0 N–H and O–H groups in total. The molecule has 0 aliphatic carbocycles. The zero-order valence-corrected chi connectivity index (χ0v) is 9.55. The molecular formula is C10H11N3O2S. The molecule has 0 amide bonds. The van der Waals surface area contributed by atoms with Crippen LogP contribution < -0.4 is 0 Å². The molecule has 16 heavy (non-hydrogen) atoms. The molecule has 0 aliphatic rings. The Hall–Kier alpha value is -1.69. The van der Waals surface area contributed by atoms with Crippen molar-refractivity contribution in [3.8, 4) is 0 Å². The minimum absolute atomic E-state index is 0.228. The van der Waals surface area contributed by atoms with Crippen LogP contribution in [-0.4, -0.2) is 26.8 Å². The van der Waals surface area contributed by atoms with E-state index < -0.39 is 0 Å². The van der Waals surface area contributed by atoms with Crippen LogP contribution in [0.4, 0.5) is 0 Å². The maximum Gasteiger partial charge on any atom is 0.358 e. The van der Waals surface area contributed by atoms with Crippen molar-refractivity contribution in [1.29, 1.82) is 0 Å². The molecule has 6 heteroatoms. The summed E-state index contributed by atoms with van der Waals surface area (Å²) >= 11 is 1.37. The van der Waals surface area contributed by atoms with E-state index >= 15 is 0 Å². The fraction of sp³-hybridized carbons (Fsp3) is 0.300. The van der Waals surface area contributed by atoms with Crippen molar-refractivity contribution in [3.63, 3.8) is 0 Å². The number of thiazole rings is 1. The second-order valence-electron chi connectivity index (χ2n) is 3.32. The monoisotopic (exact) mass is 237 g/mol. The summed E-state index contributed by atoms with van der Waals surface area (Å²) in [5.41, 5.74) is 1.96. The van der Waals surface area contributed by atoms with Crippen LogP contribution >= 0.6 is 11.3 Å². The van der Waals surface area contributed by atoms with Gasteiger partial charge >= 0.3 is 5.97 Å². The van der Waals surface area contributed by atoms with E-state index in [1.165, 1.54) is 11.3 Å². The summed E-state index contributed by atoms with van der Waals surface area (Å²) in [7, 11) is 0. The van der Waals surface area contributed by atoms with Gasteiger partial charge in [-0.1, -0.05) is 0 Å². The molecule has 84 valence electrons. The molecule has 0 saturated carbocycles. The third-order valence-electron chi connectivity index (χ3n) is 1.95. The Morgan fingerprint density at radius 1 is 1.69 bits per heavy atom. The molecule has 0 saturated heterocycles. The summed E-state index contributed by atoms with van der Waals surface area (Å²) in [6.07, 6.45) is 3.29. The van der Waals surface area contributed by atoms with Gasteiger partial charge in [0.25, 0.3) is 0 Å². The van der Waals surface area contributed by atoms with E-state index in [-0.39, 0.29) is 12.1 Å². The molecule has 2 aromatic heterocycles. The smallest absolute Gasteiger partial charge is 0.358 e. The first-order valence-corrected chi connectivity index (χ1v) is 5.76. The molecule has 0 fully saturated rings. The normalized spacial score (nSPS) is 12.3. The molecule has 0 unspecified atom stereocenters. The Kier molecular flexibility index (Phi) is 3.31.